The Labute approximate surface area is 110 Å². The lowest BCUT2D eigenvalue weighted by atomic mass is 10.1. The van der Waals surface area contributed by atoms with Gasteiger partial charge in [-0.2, -0.15) is 0 Å². The van der Waals surface area contributed by atoms with Gasteiger partial charge in [0.1, 0.15) is 0 Å². The third-order valence-electron chi connectivity index (χ3n) is 3.17. The number of amides is 1. The minimum absolute atomic E-state index is 0.271. The number of hydrogen-bond donors (Lipinski definition) is 1. The number of carbonyl (C=O) groups excluding carboxylic acids is 1. The summed E-state index contributed by atoms with van der Waals surface area (Å²) in [5, 5.41) is 3.32. The Morgan fingerprint density at radius 3 is 3.06 bits per heavy atom. The van der Waals surface area contributed by atoms with E-state index in [4.69, 9.17) is 4.74 Å². The number of nitrogens with one attached hydrogen (secondary N) is 1. The fourth-order valence-electron chi connectivity index (χ4n) is 2.29. The summed E-state index contributed by atoms with van der Waals surface area (Å²) >= 11 is 0. The first-order valence-corrected chi connectivity index (χ1v) is 6.98. The molecule has 0 aromatic carbocycles. The van der Waals surface area contributed by atoms with Crippen molar-refractivity contribution in [1.82, 2.24) is 10.2 Å². The maximum Gasteiger partial charge on any atom is 0.222 e. The standard InChI is InChI=1S/C14H26N2O2/c1-3-9-16(13-7-8-15-12-13)14(17)6-5-11-18-10-4-2/h4,13,15H,2-3,5-12H2,1H3. The molecule has 0 aromatic rings. The van der Waals surface area contributed by atoms with Gasteiger partial charge in [-0.15, -0.1) is 6.58 Å². The fourth-order valence-corrected chi connectivity index (χ4v) is 2.29. The highest BCUT2D eigenvalue weighted by molar-refractivity contribution is 5.76. The zero-order valence-electron chi connectivity index (χ0n) is 11.5. The molecule has 1 rings (SSSR count). The highest BCUT2D eigenvalue weighted by atomic mass is 16.5. The van der Waals surface area contributed by atoms with Crippen LogP contribution in [0, 0.1) is 0 Å². The molecule has 4 heteroatoms. The molecule has 1 N–H and O–H groups in total. The van der Waals surface area contributed by atoms with Crippen LogP contribution in [0.15, 0.2) is 12.7 Å². The van der Waals surface area contributed by atoms with E-state index in [0.717, 1.165) is 38.9 Å². The third kappa shape index (κ3) is 5.19. The zero-order chi connectivity index (χ0) is 13.2. The van der Waals surface area contributed by atoms with Crippen LogP contribution in [-0.4, -0.2) is 49.7 Å². The monoisotopic (exact) mass is 254 g/mol. The van der Waals surface area contributed by atoms with Gasteiger partial charge in [0.25, 0.3) is 0 Å². The van der Waals surface area contributed by atoms with Gasteiger partial charge in [0.05, 0.1) is 6.61 Å². The average Bonchev–Trinajstić information content (AvgIpc) is 2.89. The van der Waals surface area contributed by atoms with Crippen LogP contribution in [0.25, 0.3) is 0 Å². The summed E-state index contributed by atoms with van der Waals surface area (Å²) in [4.78, 5) is 14.2. The summed E-state index contributed by atoms with van der Waals surface area (Å²) in [5.41, 5.74) is 0. The molecule has 1 atom stereocenters. The van der Waals surface area contributed by atoms with Gasteiger partial charge in [-0.05, 0) is 25.8 Å². The molecule has 0 radical (unpaired) electrons. The number of hydrogen-bond acceptors (Lipinski definition) is 3. The fraction of sp³-hybridized carbons (Fsp3) is 0.786. The number of carbonyl (C=O) groups is 1. The molecule has 0 aromatic heterocycles. The minimum atomic E-state index is 0.271. The second-order valence-corrected chi connectivity index (χ2v) is 4.70. The normalized spacial score (nSPS) is 18.8. The van der Waals surface area contributed by atoms with E-state index in [1.165, 1.54) is 0 Å². The molecule has 1 fully saturated rings. The Kier molecular flexibility index (Phi) is 7.69. The van der Waals surface area contributed by atoms with Crippen LogP contribution in [-0.2, 0) is 9.53 Å². The molecule has 1 saturated heterocycles. The predicted octanol–water partition coefficient (Wildman–Crippen LogP) is 1.57. The van der Waals surface area contributed by atoms with E-state index in [0.29, 0.717) is 25.7 Å². The summed E-state index contributed by atoms with van der Waals surface area (Å²) in [5.74, 6) is 0.271. The maximum absolute atomic E-state index is 12.2. The smallest absolute Gasteiger partial charge is 0.222 e. The van der Waals surface area contributed by atoms with Crippen molar-refractivity contribution in [1.29, 1.82) is 0 Å². The van der Waals surface area contributed by atoms with Gasteiger partial charge in [0.15, 0.2) is 0 Å². The number of rotatable bonds is 9. The summed E-state index contributed by atoms with van der Waals surface area (Å²) in [6.07, 6.45) is 5.23. The first-order chi connectivity index (χ1) is 8.79. The molecule has 0 spiro atoms. The van der Waals surface area contributed by atoms with Crippen molar-refractivity contribution in [3.63, 3.8) is 0 Å². The third-order valence-corrected chi connectivity index (χ3v) is 3.17. The van der Waals surface area contributed by atoms with E-state index in [-0.39, 0.29) is 5.91 Å². The number of nitrogens with zero attached hydrogens (tertiary/aromatic N) is 1. The van der Waals surface area contributed by atoms with Crippen LogP contribution in [0.2, 0.25) is 0 Å². The van der Waals surface area contributed by atoms with E-state index < -0.39 is 0 Å². The average molecular weight is 254 g/mol. The second kappa shape index (κ2) is 9.11. The molecule has 104 valence electrons. The summed E-state index contributed by atoms with van der Waals surface area (Å²) in [7, 11) is 0. The Morgan fingerprint density at radius 2 is 2.44 bits per heavy atom. The van der Waals surface area contributed by atoms with Gasteiger partial charge in [0, 0.05) is 32.2 Å². The number of ether oxygens (including phenoxy) is 1. The second-order valence-electron chi connectivity index (χ2n) is 4.70. The van der Waals surface area contributed by atoms with Crippen molar-refractivity contribution in [3.05, 3.63) is 12.7 Å². The van der Waals surface area contributed by atoms with E-state index in [1.54, 1.807) is 6.08 Å². The molecule has 4 nitrogen and oxygen atoms in total. The van der Waals surface area contributed by atoms with Crippen molar-refractivity contribution in [3.8, 4) is 0 Å². The Balaban J connectivity index is 2.27. The van der Waals surface area contributed by atoms with E-state index in [2.05, 4.69) is 18.8 Å². The summed E-state index contributed by atoms with van der Waals surface area (Å²) in [6, 6.07) is 0.395. The van der Waals surface area contributed by atoms with Crippen LogP contribution in [0.1, 0.15) is 32.6 Å². The first-order valence-electron chi connectivity index (χ1n) is 6.98. The van der Waals surface area contributed by atoms with Crippen LogP contribution in [0.4, 0.5) is 0 Å². The van der Waals surface area contributed by atoms with Crippen molar-refractivity contribution >= 4 is 5.91 Å². The van der Waals surface area contributed by atoms with Crippen molar-refractivity contribution in [2.75, 3.05) is 32.8 Å². The molecule has 0 bridgehead atoms. The lowest BCUT2D eigenvalue weighted by Gasteiger charge is -2.28. The molecule has 1 amide bonds. The molecule has 1 heterocycles. The van der Waals surface area contributed by atoms with Crippen molar-refractivity contribution in [2.24, 2.45) is 0 Å². The molecule has 0 aliphatic carbocycles. The lowest BCUT2D eigenvalue weighted by Crippen LogP contribution is -2.42. The molecular weight excluding hydrogens is 228 g/mol. The van der Waals surface area contributed by atoms with Gasteiger partial charge < -0.3 is 15.0 Å². The van der Waals surface area contributed by atoms with Gasteiger partial charge in [0.2, 0.25) is 5.91 Å². The highest BCUT2D eigenvalue weighted by Gasteiger charge is 2.25. The van der Waals surface area contributed by atoms with Gasteiger partial charge in [-0.3, -0.25) is 4.79 Å². The SMILES string of the molecule is C=CCOCCCC(=O)N(CCC)C1CCNC1. The lowest BCUT2D eigenvalue weighted by molar-refractivity contribution is -0.133. The molecule has 1 aliphatic rings. The minimum Gasteiger partial charge on any atom is -0.377 e. The molecule has 18 heavy (non-hydrogen) atoms. The van der Waals surface area contributed by atoms with E-state index in [9.17, 15) is 4.79 Å². The summed E-state index contributed by atoms with van der Waals surface area (Å²) < 4.78 is 5.30. The van der Waals surface area contributed by atoms with Gasteiger partial charge >= 0.3 is 0 Å². The Hall–Kier alpha value is -0.870. The topological polar surface area (TPSA) is 41.6 Å². The largest absolute Gasteiger partial charge is 0.377 e. The highest BCUT2D eigenvalue weighted by Crippen LogP contribution is 2.11. The molecule has 0 saturated carbocycles. The molecule has 1 aliphatic heterocycles. The van der Waals surface area contributed by atoms with Crippen LogP contribution in [0.3, 0.4) is 0 Å². The van der Waals surface area contributed by atoms with Crippen molar-refractivity contribution in [2.45, 2.75) is 38.6 Å². The quantitative estimate of drug-likeness (QED) is 0.501. The van der Waals surface area contributed by atoms with E-state index >= 15 is 0 Å². The Morgan fingerprint density at radius 1 is 1.61 bits per heavy atom. The van der Waals surface area contributed by atoms with Gasteiger partial charge in [-0.1, -0.05) is 13.0 Å². The van der Waals surface area contributed by atoms with Crippen LogP contribution in [0.5, 0.6) is 0 Å². The predicted molar refractivity (Wildman–Crippen MR) is 73.5 cm³/mol. The maximum atomic E-state index is 12.2. The van der Waals surface area contributed by atoms with E-state index in [1.807, 2.05) is 4.90 Å². The summed E-state index contributed by atoms with van der Waals surface area (Å²) in [6.45, 7) is 9.77. The zero-order valence-corrected chi connectivity index (χ0v) is 11.5. The molecular formula is C14H26N2O2. The Bertz CT molecular complexity index is 250. The van der Waals surface area contributed by atoms with Crippen LogP contribution >= 0.6 is 0 Å². The molecule has 1 unspecified atom stereocenters. The van der Waals surface area contributed by atoms with Crippen LogP contribution < -0.4 is 5.32 Å². The van der Waals surface area contributed by atoms with Crippen molar-refractivity contribution < 1.29 is 9.53 Å². The van der Waals surface area contributed by atoms with Gasteiger partial charge in [-0.25, -0.2) is 0 Å². The first kappa shape index (κ1) is 15.2.